The Bertz CT molecular complexity index is 259. The van der Waals surface area contributed by atoms with Crippen molar-refractivity contribution in [2.24, 2.45) is 5.73 Å². The Morgan fingerprint density at radius 3 is 2.93 bits per heavy atom. The second-order valence-corrected chi connectivity index (χ2v) is 3.59. The van der Waals surface area contributed by atoms with Gasteiger partial charge >= 0.3 is 0 Å². The molecule has 0 aromatic rings. The molecule has 1 amide bonds. The third-order valence-electron chi connectivity index (χ3n) is 2.49. The number of carbonyl (C=O) groups excluding carboxylic acids is 1. The third-order valence-corrected chi connectivity index (χ3v) is 2.49. The van der Waals surface area contributed by atoms with Gasteiger partial charge in [0, 0.05) is 6.54 Å². The Labute approximate surface area is 83.1 Å². The molecule has 1 rings (SSSR count). The average molecular weight is 197 g/mol. The van der Waals surface area contributed by atoms with Crippen LogP contribution in [0.1, 0.15) is 19.8 Å². The van der Waals surface area contributed by atoms with Crippen LogP contribution in [0.2, 0.25) is 0 Å². The van der Waals surface area contributed by atoms with Crippen molar-refractivity contribution in [2.75, 3.05) is 6.54 Å². The topological polar surface area (TPSA) is 90.3 Å². The summed E-state index contributed by atoms with van der Waals surface area (Å²) >= 11 is 0. The van der Waals surface area contributed by atoms with E-state index in [0.717, 1.165) is 6.42 Å². The van der Waals surface area contributed by atoms with Crippen LogP contribution in [0.25, 0.3) is 0 Å². The SMILES string of the molecule is CC(O)[C@H](N)C(=O)N1CCC[C@H]1C#N. The molecule has 14 heavy (non-hydrogen) atoms. The highest BCUT2D eigenvalue weighted by molar-refractivity contribution is 5.83. The molecule has 1 unspecified atom stereocenters. The summed E-state index contributed by atoms with van der Waals surface area (Å²) in [6, 6.07) is 0.775. The molecule has 1 heterocycles. The first-order valence-electron chi connectivity index (χ1n) is 4.71. The molecule has 5 nitrogen and oxygen atoms in total. The summed E-state index contributed by atoms with van der Waals surface area (Å²) < 4.78 is 0. The van der Waals surface area contributed by atoms with Gasteiger partial charge < -0.3 is 15.7 Å². The number of aliphatic hydroxyl groups is 1. The zero-order valence-electron chi connectivity index (χ0n) is 8.18. The molecule has 0 spiro atoms. The normalized spacial score (nSPS) is 25.6. The Morgan fingerprint density at radius 2 is 2.43 bits per heavy atom. The van der Waals surface area contributed by atoms with Gasteiger partial charge in [-0.15, -0.1) is 0 Å². The molecule has 0 aromatic carbocycles. The number of nitriles is 1. The van der Waals surface area contributed by atoms with Crippen molar-refractivity contribution in [3.8, 4) is 6.07 Å². The van der Waals surface area contributed by atoms with Gasteiger partial charge in [0.25, 0.3) is 0 Å². The van der Waals surface area contributed by atoms with Crippen LogP contribution in [0.4, 0.5) is 0 Å². The van der Waals surface area contributed by atoms with E-state index in [-0.39, 0.29) is 11.9 Å². The number of likely N-dealkylation sites (tertiary alicyclic amines) is 1. The lowest BCUT2D eigenvalue weighted by molar-refractivity contribution is -0.134. The Hall–Kier alpha value is -1.12. The molecule has 5 heteroatoms. The molecule has 0 aromatic heterocycles. The van der Waals surface area contributed by atoms with Crippen molar-refractivity contribution in [1.29, 1.82) is 5.26 Å². The molecule has 1 aliphatic heterocycles. The van der Waals surface area contributed by atoms with E-state index in [4.69, 9.17) is 16.1 Å². The van der Waals surface area contributed by atoms with Gasteiger partial charge in [-0.3, -0.25) is 4.79 Å². The number of aliphatic hydroxyl groups excluding tert-OH is 1. The molecule has 1 saturated heterocycles. The van der Waals surface area contributed by atoms with Crippen molar-refractivity contribution in [3.05, 3.63) is 0 Å². The molecular formula is C9H15N3O2. The van der Waals surface area contributed by atoms with Crippen LogP contribution in [0.5, 0.6) is 0 Å². The van der Waals surface area contributed by atoms with Crippen LogP contribution in [0.15, 0.2) is 0 Å². The summed E-state index contributed by atoms with van der Waals surface area (Å²) in [5.41, 5.74) is 5.51. The van der Waals surface area contributed by atoms with Crippen LogP contribution in [-0.2, 0) is 4.79 Å². The monoisotopic (exact) mass is 197 g/mol. The zero-order chi connectivity index (χ0) is 10.7. The standard InChI is InChI=1S/C9H15N3O2/c1-6(13)8(11)9(14)12-4-2-3-7(12)5-10/h6-8,13H,2-4,11H2,1H3/t6?,7-,8-/m0/s1. The minimum atomic E-state index is -0.913. The molecule has 1 fully saturated rings. The molecule has 1 aliphatic rings. The average Bonchev–Trinajstić information content (AvgIpc) is 2.62. The number of hydrogen-bond acceptors (Lipinski definition) is 4. The lowest BCUT2D eigenvalue weighted by Crippen LogP contribution is -2.50. The highest BCUT2D eigenvalue weighted by Crippen LogP contribution is 2.17. The van der Waals surface area contributed by atoms with E-state index < -0.39 is 12.1 Å². The maximum Gasteiger partial charge on any atom is 0.243 e. The quantitative estimate of drug-likeness (QED) is 0.607. The maximum absolute atomic E-state index is 11.6. The van der Waals surface area contributed by atoms with Gasteiger partial charge in [0.2, 0.25) is 5.91 Å². The number of nitrogens with zero attached hydrogens (tertiary/aromatic N) is 2. The summed E-state index contributed by atoms with van der Waals surface area (Å²) in [5.74, 6) is -0.330. The Morgan fingerprint density at radius 1 is 1.79 bits per heavy atom. The van der Waals surface area contributed by atoms with Crippen molar-refractivity contribution in [2.45, 2.75) is 38.0 Å². The van der Waals surface area contributed by atoms with Gasteiger partial charge in [-0.25, -0.2) is 0 Å². The fraction of sp³-hybridized carbons (Fsp3) is 0.778. The molecule has 3 atom stereocenters. The highest BCUT2D eigenvalue weighted by atomic mass is 16.3. The maximum atomic E-state index is 11.6. The number of rotatable bonds is 2. The van der Waals surface area contributed by atoms with Gasteiger partial charge in [0.15, 0.2) is 0 Å². The lowest BCUT2D eigenvalue weighted by atomic mass is 10.1. The van der Waals surface area contributed by atoms with Crippen molar-refractivity contribution in [3.63, 3.8) is 0 Å². The fourth-order valence-electron chi connectivity index (χ4n) is 1.56. The minimum absolute atomic E-state index is 0.330. The molecule has 78 valence electrons. The fourth-order valence-corrected chi connectivity index (χ4v) is 1.56. The largest absolute Gasteiger partial charge is 0.391 e. The first kappa shape index (κ1) is 11.0. The summed E-state index contributed by atoms with van der Waals surface area (Å²) in [7, 11) is 0. The number of hydrogen-bond donors (Lipinski definition) is 2. The first-order valence-corrected chi connectivity index (χ1v) is 4.71. The second kappa shape index (κ2) is 4.40. The van der Waals surface area contributed by atoms with E-state index in [1.54, 1.807) is 0 Å². The van der Waals surface area contributed by atoms with Crippen molar-refractivity contribution >= 4 is 5.91 Å². The van der Waals surface area contributed by atoms with Gasteiger partial charge in [-0.1, -0.05) is 0 Å². The second-order valence-electron chi connectivity index (χ2n) is 3.59. The smallest absolute Gasteiger partial charge is 0.243 e. The zero-order valence-corrected chi connectivity index (χ0v) is 8.18. The van der Waals surface area contributed by atoms with Crippen molar-refractivity contribution in [1.82, 2.24) is 4.90 Å². The Kier molecular flexibility index (Phi) is 3.44. The molecule has 0 radical (unpaired) electrons. The van der Waals surface area contributed by atoms with E-state index in [1.807, 2.05) is 0 Å². The van der Waals surface area contributed by atoms with Gasteiger partial charge in [0.1, 0.15) is 12.1 Å². The summed E-state index contributed by atoms with van der Waals surface area (Å²) in [6.45, 7) is 2.04. The van der Waals surface area contributed by atoms with E-state index >= 15 is 0 Å². The number of nitrogens with two attached hydrogens (primary N) is 1. The van der Waals surface area contributed by atoms with Gasteiger partial charge in [0.05, 0.1) is 12.2 Å². The predicted molar refractivity (Wildman–Crippen MR) is 50.0 cm³/mol. The molecule has 0 bridgehead atoms. The predicted octanol–water partition coefficient (Wildman–Crippen LogP) is -0.791. The summed E-state index contributed by atoms with van der Waals surface area (Å²) in [4.78, 5) is 13.1. The summed E-state index contributed by atoms with van der Waals surface area (Å²) in [6.07, 6.45) is 0.660. The molecular weight excluding hydrogens is 182 g/mol. The first-order chi connectivity index (χ1) is 6.57. The van der Waals surface area contributed by atoms with Crippen LogP contribution >= 0.6 is 0 Å². The van der Waals surface area contributed by atoms with Crippen LogP contribution in [0, 0.1) is 11.3 Å². The third kappa shape index (κ3) is 2.03. The lowest BCUT2D eigenvalue weighted by Gasteiger charge is -2.24. The van der Waals surface area contributed by atoms with Crippen LogP contribution in [-0.4, -0.2) is 40.6 Å². The van der Waals surface area contributed by atoms with E-state index in [2.05, 4.69) is 6.07 Å². The van der Waals surface area contributed by atoms with Gasteiger partial charge in [-0.05, 0) is 19.8 Å². The summed E-state index contributed by atoms with van der Waals surface area (Å²) in [5, 5.41) is 17.9. The number of carbonyl (C=O) groups is 1. The van der Waals surface area contributed by atoms with E-state index in [1.165, 1.54) is 11.8 Å². The molecule has 0 aliphatic carbocycles. The minimum Gasteiger partial charge on any atom is -0.391 e. The highest BCUT2D eigenvalue weighted by Gasteiger charge is 2.33. The van der Waals surface area contributed by atoms with Gasteiger partial charge in [-0.2, -0.15) is 5.26 Å². The molecule has 3 N–H and O–H groups in total. The Balaban J connectivity index is 2.65. The molecule has 0 saturated carbocycles. The van der Waals surface area contributed by atoms with E-state index in [0.29, 0.717) is 13.0 Å². The number of amides is 1. The van der Waals surface area contributed by atoms with Crippen molar-refractivity contribution < 1.29 is 9.90 Å². The van der Waals surface area contributed by atoms with Crippen LogP contribution in [0.3, 0.4) is 0 Å². The van der Waals surface area contributed by atoms with Crippen LogP contribution < -0.4 is 5.73 Å². The van der Waals surface area contributed by atoms with E-state index in [9.17, 15) is 4.79 Å².